The van der Waals surface area contributed by atoms with E-state index in [1.807, 2.05) is 19.1 Å². The molecule has 1 atom stereocenters. The smallest absolute Gasteiger partial charge is 0.305 e. The van der Waals surface area contributed by atoms with Crippen molar-refractivity contribution in [2.45, 2.75) is 32.5 Å². The quantitative estimate of drug-likeness (QED) is 0.487. The van der Waals surface area contributed by atoms with Crippen LogP contribution in [0.5, 0.6) is 0 Å². The Balaban J connectivity index is 1.48. The predicted molar refractivity (Wildman–Crippen MR) is 112 cm³/mol. The monoisotopic (exact) mass is 422 g/mol. The first kappa shape index (κ1) is 20.3. The van der Waals surface area contributed by atoms with Gasteiger partial charge in [-0.1, -0.05) is 0 Å². The van der Waals surface area contributed by atoms with Gasteiger partial charge in [-0.2, -0.15) is 0 Å². The second-order valence-corrected chi connectivity index (χ2v) is 7.55. The van der Waals surface area contributed by atoms with Crippen LogP contribution < -0.4 is 10.6 Å². The Hall–Kier alpha value is -3.95. The fourth-order valence-corrected chi connectivity index (χ4v) is 3.56. The van der Waals surface area contributed by atoms with Gasteiger partial charge in [-0.15, -0.1) is 0 Å². The number of imidazole rings is 1. The van der Waals surface area contributed by atoms with E-state index in [0.29, 0.717) is 22.7 Å². The lowest BCUT2D eigenvalue weighted by Crippen LogP contribution is -2.39. The summed E-state index contributed by atoms with van der Waals surface area (Å²) >= 11 is 0. The summed E-state index contributed by atoms with van der Waals surface area (Å²) in [5.74, 6) is -1.06. The van der Waals surface area contributed by atoms with E-state index in [4.69, 9.17) is 5.11 Å². The van der Waals surface area contributed by atoms with Crippen molar-refractivity contribution < 1.29 is 19.5 Å². The molecule has 1 aromatic carbocycles. The van der Waals surface area contributed by atoms with Gasteiger partial charge in [0.1, 0.15) is 11.9 Å². The summed E-state index contributed by atoms with van der Waals surface area (Å²) in [5, 5.41) is 14.9. The number of aliphatic carboxylic acids is 1. The molecule has 0 spiro atoms. The third kappa shape index (κ3) is 4.32. The number of hydrogen-bond donors (Lipinski definition) is 4. The minimum absolute atomic E-state index is 0.211. The van der Waals surface area contributed by atoms with Crippen molar-refractivity contribution in [3.8, 4) is 0 Å². The number of anilines is 1. The number of nitrogens with zero attached hydrogens (tertiary/aromatic N) is 3. The van der Waals surface area contributed by atoms with Crippen molar-refractivity contribution in [2.24, 2.45) is 0 Å². The largest absolute Gasteiger partial charge is 0.481 e. The van der Waals surface area contributed by atoms with Crippen LogP contribution in [0.2, 0.25) is 0 Å². The second kappa shape index (κ2) is 8.05. The maximum absolute atomic E-state index is 12.7. The Labute approximate surface area is 177 Å². The average molecular weight is 422 g/mol. The van der Waals surface area contributed by atoms with Crippen molar-refractivity contribution in [1.29, 1.82) is 0 Å². The van der Waals surface area contributed by atoms with E-state index in [1.165, 1.54) is 4.90 Å². The maximum Gasteiger partial charge on any atom is 0.305 e. The standard InChI is InChI=1S/C21H22N6O4/c1-11-3-5-15-19(23-11)26-17(25-15)9-22-20(30)12-4-6-14-13(7-12)10-27(2)21(31)16(24-14)8-18(28)29/h3-7,16,24H,8-10H2,1-2H3,(H,22,30)(H,28,29)(H,23,25,26). The number of carboxylic acids is 1. The zero-order valence-corrected chi connectivity index (χ0v) is 17.1. The number of nitrogens with one attached hydrogen (secondary N) is 3. The number of carboxylic acid groups (broad SMARTS) is 1. The molecular formula is C21H22N6O4. The molecule has 10 nitrogen and oxygen atoms in total. The highest BCUT2D eigenvalue weighted by molar-refractivity contribution is 5.95. The summed E-state index contributed by atoms with van der Waals surface area (Å²) in [6.45, 7) is 2.37. The lowest BCUT2D eigenvalue weighted by Gasteiger charge is -2.19. The highest BCUT2D eigenvalue weighted by Gasteiger charge is 2.29. The SMILES string of the molecule is Cc1ccc2[nH]c(CNC(=O)c3ccc4c(c3)CN(C)C(=O)C(CC(=O)O)N4)nc2n1. The minimum atomic E-state index is -1.06. The molecule has 2 amide bonds. The van der Waals surface area contributed by atoms with Gasteiger partial charge >= 0.3 is 5.97 Å². The molecule has 160 valence electrons. The summed E-state index contributed by atoms with van der Waals surface area (Å²) in [7, 11) is 1.61. The van der Waals surface area contributed by atoms with Crippen LogP contribution in [-0.2, 0) is 22.7 Å². The molecule has 0 radical (unpaired) electrons. The molecule has 3 heterocycles. The number of aromatic nitrogens is 3. The van der Waals surface area contributed by atoms with Crippen LogP contribution in [0.1, 0.15) is 33.9 Å². The number of pyridine rings is 1. The number of fused-ring (bicyclic) bond motifs is 2. The zero-order chi connectivity index (χ0) is 22.1. The number of rotatable bonds is 5. The lowest BCUT2D eigenvalue weighted by molar-refractivity contribution is -0.141. The van der Waals surface area contributed by atoms with Gasteiger partial charge in [0.15, 0.2) is 5.65 Å². The van der Waals surface area contributed by atoms with Gasteiger partial charge in [-0.25, -0.2) is 9.97 Å². The number of hydrogen-bond acceptors (Lipinski definition) is 6. The van der Waals surface area contributed by atoms with E-state index in [0.717, 1.165) is 16.8 Å². The van der Waals surface area contributed by atoms with E-state index in [1.54, 1.807) is 25.2 Å². The van der Waals surface area contributed by atoms with E-state index in [9.17, 15) is 14.4 Å². The first-order chi connectivity index (χ1) is 14.8. The molecule has 0 saturated heterocycles. The molecule has 0 fully saturated rings. The van der Waals surface area contributed by atoms with Crippen LogP contribution in [0.25, 0.3) is 11.2 Å². The van der Waals surface area contributed by atoms with Crippen LogP contribution in [0.4, 0.5) is 5.69 Å². The Morgan fingerprint density at radius 3 is 2.84 bits per heavy atom. The van der Waals surface area contributed by atoms with Gasteiger partial charge in [-0.05, 0) is 42.8 Å². The molecule has 4 rings (SSSR count). The van der Waals surface area contributed by atoms with Gasteiger partial charge < -0.3 is 25.6 Å². The molecule has 3 aromatic rings. The Bertz CT molecular complexity index is 1190. The first-order valence-electron chi connectivity index (χ1n) is 9.77. The molecule has 1 unspecified atom stereocenters. The summed E-state index contributed by atoms with van der Waals surface area (Å²) in [6, 6.07) is 7.96. The summed E-state index contributed by atoms with van der Waals surface area (Å²) in [5.41, 5.74) is 4.07. The molecule has 0 bridgehead atoms. The van der Waals surface area contributed by atoms with Crippen LogP contribution in [0, 0.1) is 6.92 Å². The fourth-order valence-electron chi connectivity index (χ4n) is 3.56. The highest BCUT2D eigenvalue weighted by atomic mass is 16.4. The van der Waals surface area contributed by atoms with Crippen molar-refractivity contribution in [3.05, 3.63) is 53.0 Å². The molecule has 2 aromatic heterocycles. The summed E-state index contributed by atoms with van der Waals surface area (Å²) in [4.78, 5) is 49.5. The number of aromatic amines is 1. The van der Waals surface area contributed by atoms with E-state index >= 15 is 0 Å². The summed E-state index contributed by atoms with van der Waals surface area (Å²) in [6.07, 6.45) is -0.323. The van der Waals surface area contributed by atoms with Crippen LogP contribution >= 0.6 is 0 Å². The molecular weight excluding hydrogens is 400 g/mol. The van der Waals surface area contributed by atoms with Crippen molar-refractivity contribution >= 4 is 34.6 Å². The van der Waals surface area contributed by atoms with Crippen molar-refractivity contribution in [2.75, 3.05) is 12.4 Å². The van der Waals surface area contributed by atoms with Gasteiger partial charge in [0.2, 0.25) is 5.91 Å². The number of H-pyrrole nitrogens is 1. The Morgan fingerprint density at radius 2 is 2.06 bits per heavy atom. The normalized spacial score (nSPS) is 15.9. The van der Waals surface area contributed by atoms with Crippen LogP contribution in [-0.4, -0.2) is 55.8 Å². The van der Waals surface area contributed by atoms with Gasteiger partial charge in [0.25, 0.3) is 5.91 Å². The first-order valence-corrected chi connectivity index (χ1v) is 9.77. The third-order valence-electron chi connectivity index (χ3n) is 5.11. The molecule has 0 saturated carbocycles. The Morgan fingerprint density at radius 1 is 1.26 bits per heavy atom. The summed E-state index contributed by atoms with van der Waals surface area (Å²) < 4.78 is 0. The molecule has 4 N–H and O–H groups in total. The second-order valence-electron chi connectivity index (χ2n) is 7.55. The molecule has 0 aliphatic carbocycles. The van der Waals surface area contributed by atoms with Crippen LogP contribution in [0.15, 0.2) is 30.3 Å². The molecule has 31 heavy (non-hydrogen) atoms. The highest BCUT2D eigenvalue weighted by Crippen LogP contribution is 2.25. The van der Waals surface area contributed by atoms with Gasteiger partial charge in [0.05, 0.1) is 18.5 Å². The number of aryl methyl sites for hydroxylation is 1. The Kier molecular flexibility index (Phi) is 5.28. The fraction of sp³-hybridized carbons (Fsp3) is 0.286. The molecule has 1 aliphatic heterocycles. The number of amides is 2. The van der Waals surface area contributed by atoms with Crippen molar-refractivity contribution in [3.63, 3.8) is 0 Å². The maximum atomic E-state index is 12.7. The zero-order valence-electron chi connectivity index (χ0n) is 17.1. The number of likely N-dealkylation sites (N-methyl/N-ethyl adjacent to an activating group) is 1. The van der Waals surface area contributed by atoms with E-state index in [2.05, 4.69) is 25.6 Å². The van der Waals surface area contributed by atoms with Crippen LogP contribution in [0.3, 0.4) is 0 Å². The van der Waals surface area contributed by atoms with Gasteiger partial charge in [0, 0.05) is 30.5 Å². The van der Waals surface area contributed by atoms with Gasteiger partial charge in [-0.3, -0.25) is 14.4 Å². The molecule has 1 aliphatic rings. The van der Waals surface area contributed by atoms with E-state index in [-0.39, 0.29) is 31.3 Å². The molecule has 10 heteroatoms. The number of carbonyl (C=O) groups is 3. The van der Waals surface area contributed by atoms with Crippen molar-refractivity contribution in [1.82, 2.24) is 25.2 Å². The third-order valence-corrected chi connectivity index (χ3v) is 5.11. The lowest BCUT2D eigenvalue weighted by atomic mass is 10.1. The average Bonchev–Trinajstić information content (AvgIpc) is 3.08. The van der Waals surface area contributed by atoms with E-state index < -0.39 is 12.0 Å². The topological polar surface area (TPSA) is 140 Å². The number of benzene rings is 1. The number of carbonyl (C=O) groups excluding carboxylic acids is 2. The minimum Gasteiger partial charge on any atom is -0.481 e. The predicted octanol–water partition coefficient (Wildman–Crippen LogP) is 1.42.